The van der Waals surface area contributed by atoms with E-state index in [1.165, 1.54) is 56.5 Å². The van der Waals surface area contributed by atoms with E-state index in [4.69, 9.17) is 38.9 Å². The Bertz CT molecular complexity index is 2960. The number of nitrogens with zero attached hydrogens (tertiary/aromatic N) is 10. The van der Waals surface area contributed by atoms with Gasteiger partial charge in [0.25, 0.3) is 11.8 Å². The Morgan fingerprint density at radius 3 is 1.76 bits per heavy atom. The van der Waals surface area contributed by atoms with Gasteiger partial charge in [0.1, 0.15) is 29.0 Å². The van der Waals surface area contributed by atoms with Gasteiger partial charge < -0.3 is 19.0 Å². The highest BCUT2D eigenvalue weighted by atomic mass is 32.1. The van der Waals surface area contributed by atoms with Crippen molar-refractivity contribution in [3.05, 3.63) is 118 Å². The average Bonchev–Trinajstić information content (AvgIpc) is 3.88. The summed E-state index contributed by atoms with van der Waals surface area (Å²) in [5.41, 5.74) is -3.72. The molecule has 5 heterocycles. The van der Waals surface area contributed by atoms with E-state index in [0.717, 1.165) is 17.0 Å². The quantitative estimate of drug-likeness (QED) is 0.0807. The molecule has 21 heteroatoms. The molecule has 0 spiro atoms. The van der Waals surface area contributed by atoms with Gasteiger partial charge in [-0.25, -0.2) is 13.8 Å². The first kappa shape index (κ1) is 47.5. The normalized spacial score (nSPS) is 16.0. The molecule has 2 aromatic carbocycles. The van der Waals surface area contributed by atoms with Crippen LogP contribution in [0.5, 0.6) is 5.75 Å². The first-order chi connectivity index (χ1) is 31.7. The van der Waals surface area contributed by atoms with E-state index in [1.54, 1.807) is 49.2 Å². The van der Waals surface area contributed by atoms with Crippen LogP contribution < -0.4 is 24.3 Å². The lowest BCUT2D eigenvalue weighted by atomic mass is 10.00. The van der Waals surface area contributed by atoms with E-state index in [-0.39, 0.29) is 27.2 Å². The predicted octanol–water partition coefficient (Wildman–Crippen LogP) is 8.76. The zero-order valence-corrected chi connectivity index (χ0v) is 37.9. The number of alkyl halides is 3. The van der Waals surface area contributed by atoms with Gasteiger partial charge in [0.05, 0.1) is 77.1 Å². The summed E-state index contributed by atoms with van der Waals surface area (Å²) in [6.45, 7) is 6.28. The lowest BCUT2D eigenvalue weighted by Gasteiger charge is -2.29. The second kappa shape index (κ2) is 18.1. The Balaban J connectivity index is 0.948. The number of amides is 2. The lowest BCUT2D eigenvalue weighted by molar-refractivity contribution is -0.140. The van der Waals surface area contributed by atoms with Gasteiger partial charge in [0.15, 0.2) is 33.5 Å². The average molecular weight is 953 g/mol. The maximum atomic E-state index is 15.5. The number of carbonyl (C=O) groups is 2. The number of hydrogen-bond donors (Lipinski definition) is 0. The molecule has 2 fully saturated rings. The topological polar surface area (TPSA) is 180 Å². The number of pyridine rings is 2. The zero-order chi connectivity index (χ0) is 48.7. The van der Waals surface area contributed by atoms with Crippen LogP contribution >= 0.6 is 24.4 Å². The molecule has 2 saturated heterocycles. The molecular weight excluding hydrogens is 916 g/mol. The van der Waals surface area contributed by atoms with Gasteiger partial charge >= 0.3 is 6.18 Å². The highest BCUT2D eigenvalue weighted by Crippen LogP contribution is 2.43. The van der Waals surface area contributed by atoms with Crippen LogP contribution in [-0.2, 0) is 35.0 Å². The molecule has 1 atom stereocenters. The summed E-state index contributed by atoms with van der Waals surface area (Å²) < 4.78 is 83.0. The van der Waals surface area contributed by atoms with Crippen molar-refractivity contribution in [3.63, 3.8) is 0 Å². The van der Waals surface area contributed by atoms with Crippen molar-refractivity contribution in [2.24, 2.45) is 0 Å². The molecule has 67 heavy (non-hydrogen) atoms. The molecule has 0 bridgehead atoms. The number of benzene rings is 2. The van der Waals surface area contributed by atoms with Gasteiger partial charge in [-0.1, -0.05) is 0 Å². The molecule has 14 nitrogen and oxygen atoms in total. The van der Waals surface area contributed by atoms with E-state index in [0.29, 0.717) is 71.4 Å². The zero-order valence-electron chi connectivity index (χ0n) is 36.3. The number of anilines is 4. The van der Waals surface area contributed by atoms with E-state index < -0.39 is 63.4 Å². The molecule has 342 valence electrons. The summed E-state index contributed by atoms with van der Waals surface area (Å²) in [6, 6.07) is 16.7. The van der Waals surface area contributed by atoms with Crippen molar-refractivity contribution in [3.8, 4) is 24.0 Å². The molecule has 1 unspecified atom stereocenters. The highest BCUT2D eigenvalue weighted by molar-refractivity contribution is 7.81. The fourth-order valence-corrected chi connectivity index (χ4v) is 9.01. The number of rotatable bonds is 13. The van der Waals surface area contributed by atoms with E-state index in [1.807, 2.05) is 6.07 Å². The maximum Gasteiger partial charge on any atom is 0.420 e. The molecule has 2 amide bonds. The third-order valence-electron chi connectivity index (χ3n) is 11.5. The largest absolute Gasteiger partial charge is 0.492 e. The summed E-state index contributed by atoms with van der Waals surface area (Å²) >= 11 is 11.2. The van der Waals surface area contributed by atoms with Crippen LogP contribution in [0.4, 0.5) is 44.7 Å². The number of thiocarbonyl (C=S) groups is 2. The molecule has 0 N–H and O–H groups in total. The number of aromatic nitrogens is 3. The van der Waals surface area contributed by atoms with Crippen molar-refractivity contribution >= 4 is 69.2 Å². The second-order valence-electron chi connectivity index (χ2n) is 16.4. The number of oxazole rings is 1. The standard InChI is InChI=1S/C46H37F5N10O4S2/c1-44(2)40(62)58(33-17-10-26(20-53)36(37(33)47)46(49,50)51)42(66)60(44)30-15-13-28(55-22-30)7-6-8-35-57-32(24-65-35)25(19-52)9-12-29-14-16-31(23-56-29)61-43(67)59(41(63)45(61,3)4)34-18-11-27(21-54)39(64-5)38(34)48/h10-11,13-18,22-25H,6-9,12H2,1-5H3. The Kier molecular flexibility index (Phi) is 12.9. The molecule has 7 rings (SSSR count). The predicted molar refractivity (Wildman–Crippen MR) is 241 cm³/mol. The van der Waals surface area contributed by atoms with Crippen molar-refractivity contribution in [2.45, 2.75) is 83.0 Å². The third-order valence-corrected chi connectivity index (χ3v) is 12.2. The molecule has 3 aromatic heterocycles. The van der Waals surface area contributed by atoms with Crippen molar-refractivity contribution in [1.82, 2.24) is 15.0 Å². The van der Waals surface area contributed by atoms with Gasteiger partial charge in [-0.05, 0) is 126 Å². The molecule has 2 aliphatic rings. The van der Waals surface area contributed by atoms with E-state index >= 15 is 8.78 Å². The van der Waals surface area contributed by atoms with Crippen LogP contribution in [0.1, 0.15) is 86.1 Å². The summed E-state index contributed by atoms with van der Waals surface area (Å²) in [6.07, 6.45) is 1.44. The van der Waals surface area contributed by atoms with Crippen LogP contribution in [0.2, 0.25) is 0 Å². The summed E-state index contributed by atoms with van der Waals surface area (Å²) in [7, 11) is 1.22. The Hall–Kier alpha value is -7.41. The number of aryl methyl sites for hydroxylation is 3. The van der Waals surface area contributed by atoms with Crippen LogP contribution in [0, 0.1) is 45.6 Å². The van der Waals surface area contributed by atoms with E-state index in [9.17, 15) is 33.3 Å². The number of carbonyl (C=O) groups excluding carboxylic acids is 2. The lowest BCUT2D eigenvalue weighted by Crippen LogP contribution is -2.44. The maximum absolute atomic E-state index is 15.5. The SMILES string of the molecule is COc1c(C#N)ccc(N2C(=O)C(C)(C)N(c3ccc(CCC(C#N)c4coc(CCCc5ccc(N6C(=S)N(c7ccc(C#N)c(C(F)(F)F)c7F)C(=O)C6(C)C)cn5)n4)nc3)C2=S)c1F. The molecular formula is C46H37F5N10O4S2. The van der Waals surface area contributed by atoms with Gasteiger partial charge in [-0.3, -0.25) is 29.4 Å². The minimum Gasteiger partial charge on any atom is -0.492 e. The second-order valence-corrected chi connectivity index (χ2v) is 17.1. The van der Waals surface area contributed by atoms with Gasteiger partial charge in [0, 0.05) is 17.8 Å². The number of halogens is 5. The Morgan fingerprint density at radius 2 is 1.28 bits per heavy atom. The van der Waals surface area contributed by atoms with E-state index in [2.05, 4.69) is 21.0 Å². The number of nitriles is 3. The minimum atomic E-state index is -5.20. The smallest absolute Gasteiger partial charge is 0.420 e. The number of ether oxygens (including phenoxy) is 1. The highest BCUT2D eigenvalue weighted by Gasteiger charge is 2.53. The van der Waals surface area contributed by atoms with Crippen molar-refractivity contribution in [1.29, 1.82) is 15.8 Å². The van der Waals surface area contributed by atoms with Gasteiger partial charge in [-0.15, -0.1) is 0 Å². The minimum absolute atomic E-state index is 0.00771. The molecule has 5 aromatic rings. The van der Waals surface area contributed by atoms with Crippen LogP contribution in [-0.4, -0.2) is 55.2 Å². The first-order valence-electron chi connectivity index (χ1n) is 20.4. The molecule has 0 radical (unpaired) electrons. The fourth-order valence-electron chi connectivity index (χ4n) is 7.98. The van der Waals surface area contributed by atoms with Gasteiger partial charge in [0.2, 0.25) is 0 Å². The molecule has 0 aliphatic carbocycles. The number of hydrogen-bond acceptors (Lipinski definition) is 12. The van der Waals surface area contributed by atoms with Crippen molar-refractivity contribution < 1.29 is 40.7 Å². The van der Waals surface area contributed by atoms with Crippen molar-refractivity contribution in [2.75, 3.05) is 26.7 Å². The summed E-state index contributed by atoms with van der Waals surface area (Å²) in [4.78, 5) is 45.5. The van der Waals surface area contributed by atoms with Crippen LogP contribution in [0.3, 0.4) is 0 Å². The van der Waals surface area contributed by atoms with Crippen LogP contribution in [0.15, 0.2) is 71.6 Å². The Labute approximate surface area is 391 Å². The first-order valence-corrected chi connectivity index (χ1v) is 21.2. The fraction of sp³-hybridized carbons (Fsp3) is 0.304. The van der Waals surface area contributed by atoms with Crippen LogP contribution in [0.25, 0.3) is 0 Å². The molecule has 2 aliphatic heterocycles. The number of methoxy groups -OCH3 is 1. The summed E-state index contributed by atoms with van der Waals surface area (Å²) in [5, 5.41) is 28.3. The van der Waals surface area contributed by atoms with Gasteiger partial charge in [-0.2, -0.15) is 29.0 Å². The third kappa shape index (κ3) is 8.50. The molecule has 0 saturated carbocycles. The Morgan fingerprint density at radius 1 is 0.761 bits per heavy atom. The summed E-state index contributed by atoms with van der Waals surface area (Å²) in [5.74, 6) is -4.47. The monoisotopic (exact) mass is 952 g/mol.